The number of hydrogen-bond acceptors (Lipinski definition) is 5. The van der Waals surface area contributed by atoms with E-state index in [-0.39, 0.29) is 30.2 Å². The van der Waals surface area contributed by atoms with Gasteiger partial charge in [-0.15, -0.1) is 0 Å². The van der Waals surface area contributed by atoms with Crippen LogP contribution in [0.15, 0.2) is 58.5 Å². The van der Waals surface area contributed by atoms with Crippen molar-refractivity contribution in [3.05, 3.63) is 65.6 Å². The third-order valence-electron chi connectivity index (χ3n) is 4.07. The molecule has 0 aliphatic carbocycles. The first-order valence-electron chi connectivity index (χ1n) is 8.19. The van der Waals surface area contributed by atoms with Crippen LogP contribution in [0.2, 0.25) is 0 Å². The van der Waals surface area contributed by atoms with E-state index < -0.39 is 17.7 Å². The highest BCUT2D eigenvalue weighted by Crippen LogP contribution is 2.38. The van der Waals surface area contributed by atoms with Crippen LogP contribution in [0.25, 0.3) is 0 Å². The Hall–Kier alpha value is -2.89. The lowest BCUT2D eigenvalue weighted by molar-refractivity contribution is -0.130. The lowest BCUT2D eigenvalue weighted by Gasteiger charge is -2.25. The van der Waals surface area contributed by atoms with Crippen molar-refractivity contribution in [1.29, 1.82) is 0 Å². The van der Waals surface area contributed by atoms with Gasteiger partial charge in [0.2, 0.25) is 0 Å². The van der Waals surface area contributed by atoms with E-state index >= 15 is 0 Å². The van der Waals surface area contributed by atoms with Crippen molar-refractivity contribution >= 4 is 11.7 Å². The molecule has 0 bridgehead atoms. The van der Waals surface area contributed by atoms with Crippen LogP contribution in [0, 0.1) is 5.92 Å². The number of aliphatic hydroxyl groups is 1. The van der Waals surface area contributed by atoms with Gasteiger partial charge in [-0.3, -0.25) is 14.6 Å². The predicted octanol–water partition coefficient (Wildman–Crippen LogP) is 3.19. The molecule has 1 amide bonds. The fraction of sp³-hybridized carbons (Fsp3) is 0.316. The molecule has 0 fully saturated rings. The van der Waals surface area contributed by atoms with E-state index in [2.05, 4.69) is 4.98 Å². The second-order valence-corrected chi connectivity index (χ2v) is 6.45. The summed E-state index contributed by atoms with van der Waals surface area (Å²) in [6, 6.07) is 8.05. The normalized spacial score (nSPS) is 17.6. The van der Waals surface area contributed by atoms with Gasteiger partial charge in [-0.1, -0.05) is 19.9 Å². The van der Waals surface area contributed by atoms with Gasteiger partial charge < -0.3 is 14.4 Å². The molecule has 1 N–H and O–H groups in total. The van der Waals surface area contributed by atoms with Gasteiger partial charge in [0.05, 0.1) is 24.1 Å². The summed E-state index contributed by atoms with van der Waals surface area (Å²) in [5.74, 6) is -0.628. The van der Waals surface area contributed by atoms with Crippen LogP contribution >= 0.6 is 0 Å². The quantitative estimate of drug-likeness (QED) is 0.873. The highest BCUT2D eigenvalue weighted by molar-refractivity contribution is 6.08. The zero-order chi connectivity index (χ0) is 18.0. The Morgan fingerprint density at radius 3 is 2.72 bits per heavy atom. The summed E-state index contributed by atoms with van der Waals surface area (Å²) in [6.07, 6.45) is 3.37. The fourth-order valence-electron chi connectivity index (χ4n) is 3.00. The summed E-state index contributed by atoms with van der Waals surface area (Å²) in [5.41, 5.74) is 0.655. The van der Waals surface area contributed by atoms with Crippen LogP contribution < -0.4 is 0 Å². The minimum Gasteiger partial charge on any atom is -0.503 e. The van der Waals surface area contributed by atoms with Gasteiger partial charge in [0.25, 0.3) is 5.91 Å². The average Bonchev–Trinajstić information content (AvgIpc) is 3.17. The molecule has 1 atom stereocenters. The molecule has 2 aromatic rings. The molecule has 0 saturated heterocycles. The molecule has 0 radical (unpaired) electrons. The Morgan fingerprint density at radius 2 is 2.12 bits per heavy atom. The maximum atomic E-state index is 12.7. The third-order valence-corrected chi connectivity index (χ3v) is 4.07. The summed E-state index contributed by atoms with van der Waals surface area (Å²) < 4.78 is 5.32. The highest BCUT2D eigenvalue weighted by atomic mass is 16.3. The first-order valence-corrected chi connectivity index (χ1v) is 8.19. The number of amides is 1. The lowest BCUT2D eigenvalue weighted by Crippen LogP contribution is -2.31. The van der Waals surface area contributed by atoms with E-state index in [0.29, 0.717) is 11.5 Å². The third kappa shape index (κ3) is 3.33. The number of furan rings is 1. The van der Waals surface area contributed by atoms with Crippen molar-refractivity contribution in [3.8, 4) is 0 Å². The number of carbonyl (C=O) groups is 2. The van der Waals surface area contributed by atoms with Crippen molar-refractivity contribution in [1.82, 2.24) is 9.88 Å². The molecule has 25 heavy (non-hydrogen) atoms. The predicted molar refractivity (Wildman–Crippen MR) is 90.4 cm³/mol. The van der Waals surface area contributed by atoms with Gasteiger partial charge >= 0.3 is 0 Å². The summed E-state index contributed by atoms with van der Waals surface area (Å²) >= 11 is 0. The van der Waals surface area contributed by atoms with Crippen LogP contribution in [0.5, 0.6) is 0 Å². The van der Waals surface area contributed by atoms with E-state index in [4.69, 9.17) is 4.42 Å². The molecule has 3 rings (SSSR count). The minimum absolute atomic E-state index is 0.115. The van der Waals surface area contributed by atoms with Gasteiger partial charge in [-0.25, -0.2) is 0 Å². The van der Waals surface area contributed by atoms with Crippen molar-refractivity contribution in [2.75, 3.05) is 0 Å². The number of carbonyl (C=O) groups excluding carboxylic acids is 2. The molecular weight excluding hydrogens is 320 g/mol. The summed E-state index contributed by atoms with van der Waals surface area (Å²) in [6.45, 7) is 3.99. The standard InChI is InChI=1S/C19H20N2O4/c1-12(2)10-15(22)16-17(14-7-3-4-8-20-14)21(19(24)18(16)23)11-13-6-5-9-25-13/h3-9,12,17,23H,10-11H2,1-2H3. The maximum Gasteiger partial charge on any atom is 0.290 e. The molecule has 1 aliphatic rings. The second-order valence-electron chi connectivity index (χ2n) is 6.45. The number of hydrogen-bond donors (Lipinski definition) is 1. The Bertz CT molecular complexity index is 794. The molecule has 0 aromatic carbocycles. The average molecular weight is 340 g/mol. The van der Waals surface area contributed by atoms with Crippen LogP contribution in [0.4, 0.5) is 0 Å². The van der Waals surface area contributed by atoms with Gasteiger partial charge in [0.15, 0.2) is 11.5 Å². The number of ketones is 1. The SMILES string of the molecule is CC(C)CC(=O)C1=C(O)C(=O)N(Cc2ccco2)C1c1ccccn1. The molecule has 6 heteroatoms. The Kier molecular flexibility index (Phi) is 4.70. The Labute approximate surface area is 145 Å². The van der Waals surface area contributed by atoms with E-state index in [1.54, 1.807) is 36.5 Å². The van der Waals surface area contributed by atoms with E-state index in [9.17, 15) is 14.7 Å². The largest absolute Gasteiger partial charge is 0.503 e. The van der Waals surface area contributed by atoms with Crippen molar-refractivity contribution in [2.24, 2.45) is 5.92 Å². The summed E-state index contributed by atoms with van der Waals surface area (Å²) in [4.78, 5) is 31.0. The molecule has 6 nitrogen and oxygen atoms in total. The van der Waals surface area contributed by atoms with Crippen molar-refractivity contribution in [3.63, 3.8) is 0 Å². The molecule has 0 spiro atoms. The van der Waals surface area contributed by atoms with E-state index in [1.165, 1.54) is 11.2 Å². The summed E-state index contributed by atoms with van der Waals surface area (Å²) in [5, 5.41) is 10.4. The lowest BCUT2D eigenvalue weighted by atomic mass is 9.94. The topological polar surface area (TPSA) is 83.6 Å². The van der Waals surface area contributed by atoms with Gasteiger partial charge in [-0.2, -0.15) is 0 Å². The minimum atomic E-state index is -0.718. The first kappa shape index (κ1) is 17.0. The van der Waals surface area contributed by atoms with Crippen LogP contribution in [-0.4, -0.2) is 26.7 Å². The second kappa shape index (κ2) is 6.93. The zero-order valence-corrected chi connectivity index (χ0v) is 14.2. The number of pyridine rings is 1. The van der Waals surface area contributed by atoms with Gasteiger partial charge in [-0.05, 0) is 30.2 Å². The van der Waals surface area contributed by atoms with Crippen LogP contribution in [0.3, 0.4) is 0 Å². The van der Waals surface area contributed by atoms with Crippen molar-refractivity contribution < 1.29 is 19.1 Å². The van der Waals surface area contributed by atoms with Crippen molar-refractivity contribution in [2.45, 2.75) is 32.9 Å². The van der Waals surface area contributed by atoms with Crippen LogP contribution in [-0.2, 0) is 16.1 Å². The Balaban J connectivity index is 2.02. The number of nitrogens with zero attached hydrogens (tertiary/aromatic N) is 2. The molecule has 2 aromatic heterocycles. The number of rotatable bonds is 6. The van der Waals surface area contributed by atoms with E-state index in [0.717, 1.165) is 0 Å². The van der Waals surface area contributed by atoms with Crippen LogP contribution in [0.1, 0.15) is 37.8 Å². The molecule has 0 saturated carbocycles. The number of Topliss-reactive ketones (excluding diaryl/α,β-unsaturated/α-hetero) is 1. The van der Waals surface area contributed by atoms with Gasteiger partial charge in [0, 0.05) is 12.6 Å². The van der Waals surface area contributed by atoms with E-state index in [1.807, 2.05) is 13.8 Å². The fourth-order valence-corrected chi connectivity index (χ4v) is 3.00. The smallest absolute Gasteiger partial charge is 0.290 e. The monoisotopic (exact) mass is 340 g/mol. The molecule has 1 aliphatic heterocycles. The first-order chi connectivity index (χ1) is 12.0. The zero-order valence-electron chi connectivity index (χ0n) is 14.2. The molecule has 130 valence electrons. The molecule has 3 heterocycles. The maximum absolute atomic E-state index is 12.7. The number of aromatic nitrogens is 1. The molecule has 1 unspecified atom stereocenters. The number of aliphatic hydroxyl groups excluding tert-OH is 1. The molecular formula is C19H20N2O4. The Morgan fingerprint density at radius 1 is 1.32 bits per heavy atom. The summed E-state index contributed by atoms with van der Waals surface area (Å²) in [7, 11) is 0. The van der Waals surface area contributed by atoms with Gasteiger partial charge in [0.1, 0.15) is 11.8 Å². The highest BCUT2D eigenvalue weighted by Gasteiger charge is 2.44.